The van der Waals surface area contributed by atoms with Gasteiger partial charge in [-0.15, -0.1) is 0 Å². The van der Waals surface area contributed by atoms with Crippen molar-refractivity contribution < 1.29 is 0 Å². The Morgan fingerprint density at radius 3 is 2.68 bits per heavy atom. The second-order valence-electron chi connectivity index (χ2n) is 5.85. The molecule has 6 heteroatoms. The summed E-state index contributed by atoms with van der Waals surface area (Å²) in [7, 11) is 0. The van der Waals surface area contributed by atoms with Gasteiger partial charge in [-0.2, -0.15) is 5.10 Å². The molecule has 1 aliphatic heterocycles. The van der Waals surface area contributed by atoms with Crippen LogP contribution in [0.15, 0.2) is 24.7 Å². The summed E-state index contributed by atoms with van der Waals surface area (Å²) in [5.74, 6) is 2.16. The quantitative estimate of drug-likeness (QED) is 0.841. The highest BCUT2D eigenvalue weighted by molar-refractivity contribution is 5.41. The van der Waals surface area contributed by atoms with Crippen LogP contribution in [-0.4, -0.2) is 50.8 Å². The molecule has 0 saturated carbocycles. The van der Waals surface area contributed by atoms with Crippen LogP contribution in [0.2, 0.25) is 0 Å². The molecule has 1 aliphatic rings. The molecule has 0 bridgehead atoms. The molecule has 0 unspecified atom stereocenters. The van der Waals surface area contributed by atoms with E-state index in [9.17, 15) is 0 Å². The molecule has 2 aromatic heterocycles. The van der Waals surface area contributed by atoms with Gasteiger partial charge in [-0.3, -0.25) is 4.90 Å². The van der Waals surface area contributed by atoms with Gasteiger partial charge >= 0.3 is 0 Å². The van der Waals surface area contributed by atoms with Crippen LogP contribution in [-0.2, 0) is 13.1 Å². The molecule has 1 saturated heterocycles. The van der Waals surface area contributed by atoms with Crippen molar-refractivity contribution in [3.63, 3.8) is 0 Å². The summed E-state index contributed by atoms with van der Waals surface area (Å²) in [5.41, 5.74) is 1.26. The molecule has 0 amide bonds. The fraction of sp³-hybridized carbons (Fsp3) is 0.562. The summed E-state index contributed by atoms with van der Waals surface area (Å²) < 4.78 is 2.02. The first-order chi connectivity index (χ1) is 10.8. The first-order valence-electron chi connectivity index (χ1n) is 8.03. The molecule has 22 heavy (non-hydrogen) atoms. The van der Waals surface area contributed by atoms with E-state index in [0.717, 1.165) is 57.3 Å². The molecular weight excluding hydrogens is 276 g/mol. The normalized spacial score (nSPS) is 16.2. The zero-order valence-corrected chi connectivity index (χ0v) is 13.4. The van der Waals surface area contributed by atoms with Crippen LogP contribution >= 0.6 is 0 Å². The van der Waals surface area contributed by atoms with Crippen molar-refractivity contribution in [2.45, 2.75) is 33.4 Å². The van der Waals surface area contributed by atoms with Crippen molar-refractivity contribution in [3.05, 3.63) is 36.0 Å². The Hall–Kier alpha value is -1.95. The number of hydrogen-bond acceptors (Lipinski definition) is 5. The summed E-state index contributed by atoms with van der Waals surface area (Å²) in [5, 5.41) is 4.30. The van der Waals surface area contributed by atoms with Gasteiger partial charge in [-0.1, -0.05) is 6.92 Å². The third kappa shape index (κ3) is 3.44. The number of aromatic nitrogens is 4. The van der Waals surface area contributed by atoms with Crippen molar-refractivity contribution in [2.24, 2.45) is 0 Å². The van der Waals surface area contributed by atoms with E-state index in [2.05, 4.69) is 44.8 Å². The van der Waals surface area contributed by atoms with E-state index in [0.29, 0.717) is 0 Å². The smallest absolute Gasteiger partial charge is 0.141 e. The Morgan fingerprint density at radius 1 is 1.14 bits per heavy atom. The number of aryl methyl sites for hydroxylation is 2. The minimum Gasteiger partial charge on any atom is -0.354 e. The Kier molecular flexibility index (Phi) is 4.68. The van der Waals surface area contributed by atoms with E-state index in [1.54, 1.807) is 6.33 Å². The average Bonchev–Trinajstić information content (AvgIpc) is 2.96. The van der Waals surface area contributed by atoms with Crippen LogP contribution in [0.25, 0.3) is 0 Å². The summed E-state index contributed by atoms with van der Waals surface area (Å²) >= 11 is 0. The van der Waals surface area contributed by atoms with Gasteiger partial charge in [-0.05, 0) is 31.0 Å². The zero-order valence-electron chi connectivity index (χ0n) is 13.4. The van der Waals surface area contributed by atoms with Crippen molar-refractivity contribution in [2.75, 3.05) is 31.1 Å². The van der Waals surface area contributed by atoms with Crippen LogP contribution in [0.5, 0.6) is 0 Å². The van der Waals surface area contributed by atoms with E-state index in [4.69, 9.17) is 0 Å². The molecule has 0 spiro atoms. The minimum absolute atomic E-state index is 0.884. The van der Waals surface area contributed by atoms with Crippen molar-refractivity contribution in [1.29, 1.82) is 0 Å². The molecule has 3 rings (SSSR count). The number of rotatable bonds is 5. The monoisotopic (exact) mass is 300 g/mol. The fourth-order valence-corrected chi connectivity index (χ4v) is 2.84. The van der Waals surface area contributed by atoms with Crippen LogP contribution in [0, 0.1) is 6.92 Å². The third-order valence-corrected chi connectivity index (χ3v) is 4.09. The van der Waals surface area contributed by atoms with Crippen molar-refractivity contribution in [3.8, 4) is 0 Å². The standard InChI is InChI=1S/C16H24N6/c1-3-6-22-16(18-13-19-22)12-20-7-9-21(10-8-20)15-11-14(2)4-5-17-15/h4-5,11,13H,3,6-10,12H2,1-2H3. The molecular formula is C16H24N6. The molecule has 0 aromatic carbocycles. The molecule has 0 radical (unpaired) electrons. The highest BCUT2D eigenvalue weighted by atomic mass is 15.4. The number of pyridine rings is 1. The van der Waals surface area contributed by atoms with Crippen molar-refractivity contribution in [1.82, 2.24) is 24.6 Å². The molecule has 118 valence electrons. The van der Waals surface area contributed by atoms with Gasteiger partial charge in [0.2, 0.25) is 0 Å². The van der Waals surface area contributed by atoms with Crippen LogP contribution in [0.3, 0.4) is 0 Å². The van der Waals surface area contributed by atoms with Gasteiger partial charge in [-0.25, -0.2) is 14.6 Å². The summed E-state index contributed by atoms with van der Waals surface area (Å²) in [6, 6.07) is 4.20. The van der Waals surface area contributed by atoms with Gasteiger partial charge in [0.25, 0.3) is 0 Å². The van der Waals surface area contributed by atoms with Crippen LogP contribution < -0.4 is 4.90 Å². The van der Waals surface area contributed by atoms with E-state index in [1.807, 2.05) is 16.9 Å². The number of hydrogen-bond donors (Lipinski definition) is 0. The zero-order chi connectivity index (χ0) is 15.4. The Morgan fingerprint density at radius 2 is 1.95 bits per heavy atom. The van der Waals surface area contributed by atoms with Crippen LogP contribution in [0.1, 0.15) is 24.7 Å². The summed E-state index contributed by atoms with van der Waals surface area (Å²) in [4.78, 5) is 13.7. The SMILES string of the molecule is CCCn1ncnc1CN1CCN(c2cc(C)ccn2)CC1. The highest BCUT2D eigenvalue weighted by Crippen LogP contribution is 2.15. The lowest BCUT2D eigenvalue weighted by molar-refractivity contribution is 0.238. The maximum Gasteiger partial charge on any atom is 0.141 e. The molecule has 0 N–H and O–H groups in total. The summed E-state index contributed by atoms with van der Waals surface area (Å²) in [6.45, 7) is 10.2. The van der Waals surface area contributed by atoms with Crippen LogP contribution in [0.4, 0.5) is 5.82 Å². The predicted molar refractivity (Wildman–Crippen MR) is 86.8 cm³/mol. The predicted octanol–water partition coefficient (Wildman–Crippen LogP) is 1.71. The Bertz CT molecular complexity index is 600. The highest BCUT2D eigenvalue weighted by Gasteiger charge is 2.19. The lowest BCUT2D eigenvalue weighted by Crippen LogP contribution is -2.46. The van der Waals surface area contributed by atoms with Gasteiger partial charge < -0.3 is 4.90 Å². The maximum atomic E-state index is 4.48. The van der Waals surface area contributed by atoms with Gasteiger partial charge in [0.05, 0.1) is 6.54 Å². The van der Waals surface area contributed by atoms with Gasteiger partial charge in [0.1, 0.15) is 18.0 Å². The van der Waals surface area contributed by atoms with E-state index in [-0.39, 0.29) is 0 Å². The second kappa shape index (κ2) is 6.87. The van der Waals surface area contributed by atoms with Crippen molar-refractivity contribution >= 4 is 5.82 Å². The third-order valence-electron chi connectivity index (χ3n) is 4.09. The second-order valence-corrected chi connectivity index (χ2v) is 5.85. The Labute approximate surface area is 131 Å². The average molecular weight is 300 g/mol. The fourth-order valence-electron chi connectivity index (χ4n) is 2.84. The van der Waals surface area contributed by atoms with E-state index < -0.39 is 0 Å². The number of anilines is 1. The van der Waals surface area contributed by atoms with Gasteiger partial charge in [0.15, 0.2) is 0 Å². The largest absolute Gasteiger partial charge is 0.354 e. The minimum atomic E-state index is 0.884. The summed E-state index contributed by atoms with van der Waals surface area (Å²) in [6.07, 6.45) is 4.64. The Balaban J connectivity index is 1.56. The van der Waals surface area contributed by atoms with E-state index in [1.165, 1.54) is 5.56 Å². The van der Waals surface area contributed by atoms with Gasteiger partial charge in [0, 0.05) is 38.9 Å². The lowest BCUT2D eigenvalue weighted by atomic mass is 10.2. The first kappa shape index (κ1) is 15.0. The molecule has 0 atom stereocenters. The lowest BCUT2D eigenvalue weighted by Gasteiger charge is -2.35. The first-order valence-corrected chi connectivity index (χ1v) is 8.03. The maximum absolute atomic E-state index is 4.48. The molecule has 2 aromatic rings. The number of nitrogens with zero attached hydrogens (tertiary/aromatic N) is 6. The molecule has 6 nitrogen and oxygen atoms in total. The van der Waals surface area contributed by atoms with E-state index >= 15 is 0 Å². The molecule has 1 fully saturated rings. The topological polar surface area (TPSA) is 50.1 Å². The number of piperazine rings is 1. The molecule has 0 aliphatic carbocycles. The molecule has 3 heterocycles.